The number of carbonyl (C=O) groups excluding carboxylic acids is 2. The summed E-state index contributed by atoms with van der Waals surface area (Å²) in [5, 5.41) is 0. The summed E-state index contributed by atoms with van der Waals surface area (Å²) in [5.74, 6) is -0.431. The molecule has 4 nitrogen and oxygen atoms in total. The Morgan fingerprint density at radius 3 is 2.18 bits per heavy atom. The van der Waals surface area contributed by atoms with Crippen molar-refractivity contribution in [2.75, 3.05) is 7.11 Å². The quantitative estimate of drug-likeness (QED) is 0.710. The first-order valence-corrected chi connectivity index (χ1v) is 6.09. The second-order valence-corrected chi connectivity index (χ2v) is 5.71. The molecule has 1 rings (SSSR count). The van der Waals surface area contributed by atoms with Gasteiger partial charge in [-0.05, 0) is 40.0 Å². The Hall–Kier alpha value is -1.06. The third kappa shape index (κ3) is 3.72. The molecule has 0 radical (unpaired) electrons. The lowest BCUT2D eigenvalue weighted by Gasteiger charge is -2.38. The van der Waals surface area contributed by atoms with Gasteiger partial charge in [0.2, 0.25) is 0 Å². The van der Waals surface area contributed by atoms with Crippen molar-refractivity contribution in [1.82, 2.24) is 0 Å². The van der Waals surface area contributed by atoms with Crippen LogP contribution in [0.1, 0.15) is 52.9 Å². The molecule has 1 saturated carbocycles. The van der Waals surface area contributed by atoms with E-state index < -0.39 is 11.0 Å². The van der Waals surface area contributed by atoms with Crippen LogP contribution in [0.2, 0.25) is 0 Å². The lowest BCUT2D eigenvalue weighted by atomic mass is 9.66. The van der Waals surface area contributed by atoms with Gasteiger partial charge in [0.15, 0.2) is 0 Å². The number of hydrogen-bond acceptors (Lipinski definition) is 4. The Kier molecular flexibility index (Phi) is 4.17. The van der Waals surface area contributed by atoms with E-state index in [-0.39, 0.29) is 18.4 Å². The monoisotopic (exact) mass is 242 g/mol. The highest BCUT2D eigenvalue weighted by molar-refractivity contribution is 5.79. The average molecular weight is 242 g/mol. The van der Waals surface area contributed by atoms with Crippen molar-refractivity contribution in [3.05, 3.63) is 0 Å². The van der Waals surface area contributed by atoms with Gasteiger partial charge >= 0.3 is 11.9 Å². The molecule has 4 heteroatoms. The van der Waals surface area contributed by atoms with E-state index in [0.717, 1.165) is 19.3 Å². The van der Waals surface area contributed by atoms with E-state index in [9.17, 15) is 9.59 Å². The SMILES string of the molecule is COC(=O)C1(CCC(=O)OC(C)(C)C)CCC1. The topological polar surface area (TPSA) is 52.6 Å². The van der Waals surface area contributed by atoms with Crippen LogP contribution in [0.4, 0.5) is 0 Å². The normalized spacial score (nSPS) is 18.1. The van der Waals surface area contributed by atoms with Crippen LogP contribution >= 0.6 is 0 Å². The predicted octanol–water partition coefficient (Wildman–Crippen LogP) is 2.45. The van der Waals surface area contributed by atoms with Gasteiger partial charge in [-0.2, -0.15) is 0 Å². The molecule has 0 unspecified atom stereocenters. The smallest absolute Gasteiger partial charge is 0.311 e. The molecule has 0 heterocycles. The third-order valence-corrected chi connectivity index (χ3v) is 3.16. The molecule has 0 aromatic carbocycles. The molecule has 0 aromatic rings. The molecule has 0 amide bonds. The van der Waals surface area contributed by atoms with Gasteiger partial charge in [0.05, 0.1) is 12.5 Å². The van der Waals surface area contributed by atoms with E-state index in [1.54, 1.807) is 0 Å². The molecule has 0 atom stereocenters. The second-order valence-electron chi connectivity index (χ2n) is 5.71. The highest BCUT2D eigenvalue weighted by Gasteiger charge is 2.45. The molecular weight excluding hydrogens is 220 g/mol. The molecule has 1 fully saturated rings. The van der Waals surface area contributed by atoms with Gasteiger partial charge in [0.25, 0.3) is 0 Å². The zero-order valence-electron chi connectivity index (χ0n) is 11.2. The molecule has 0 bridgehead atoms. The summed E-state index contributed by atoms with van der Waals surface area (Å²) in [4.78, 5) is 23.2. The summed E-state index contributed by atoms with van der Waals surface area (Å²) < 4.78 is 10.0. The van der Waals surface area contributed by atoms with Crippen LogP contribution in [0.5, 0.6) is 0 Å². The fourth-order valence-corrected chi connectivity index (χ4v) is 2.11. The minimum Gasteiger partial charge on any atom is -0.469 e. The number of hydrogen-bond donors (Lipinski definition) is 0. The van der Waals surface area contributed by atoms with Gasteiger partial charge in [-0.1, -0.05) is 6.42 Å². The average Bonchev–Trinajstić information content (AvgIpc) is 2.12. The summed E-state index contributed by atoms with van der Waals surface area (Å²) in [5.41, 5.74) is -0.888. The summed E-state index contributed by atoms with van der Waals surface area (Å²) in [6, 6.07) is 0. The van der Waals surface area contributed by atoms with Crippen LogP contribution in [-0.2, 0) is 19.1 Å². The number of rotatable bonds is 4. The van der Waals surface area contributed by atoms with Crippen LogP contribution < -0.4 is 0 Å². The maximum atomic E-state index is 11.6. The van der Waals surface area contributed by atoms with Gasteiger partial charge in [0, 0.05) is 6.42 Å². The van der Waals surface area contributed by atoms with Crippen molar-refractivity contribution in [2.24, 2.45) is 5.41 Å². The third-order valence-electron chi connectivity index (χ3n) is 3.16. The summed E-state index contributed by atoms with van der Waals surface area (Å²) in [7, 11) is 1.40. The molecule has 0 saturated heterocycles. The van der Waals surface area contributed by atoms with Gasteiger partial charge in [0.1, 0.15) is 5.60 Å². The van der Waals surface area contributed by atoms with Gasteiger partial charge in [-0.3, -0.25) is 9.59 Å². The van der Waals surface area contributed by atoms with Crippen LogP contribution in [0.3, 0.4) is 0 Å². The number of methoxy groups -OCH3 is 1. The molecule has 0 spiro atoms. The Bertz CT molecular complexity index is 297. The largest absolute Gasteiger partial charge is 0.469 e. The Morgan fingerprint density at radius 1 is 1.24 bits per heavy atom. The first-order valence-electron chi connectivity index (χ1n) is 6.09. The molecule has 0 aromatic heterocycles. The van der Waals surface area contributed by atoms with Gasteiger partial charge < -0.3 is 9.47 Å². The Balaban J connectivity index is 2.44. The maximum Gasteiger partial charge on any atom is 0.311 e. The van der Waals surface area contributed by atoms with Crippen LogP contribution in [0.15, 0.2) is 0 Å². The summed E-state index contributed by atoms with van der Waals surface area (Å²) in [6.07, 6.45) is 3.50. The fourth-order valence-electron chi connectivity index (χ4n) is 2.11. The predicted molar refractivity (Wildman–Crippen MR) is 63.4 cm³/mol. The molecule has 17 heavy (non-hydrogen) atoms. The van der Waals surface area contributed by atoms with Crippen molar-refractivity contribution >= 4 is 11.9 Å². The van der Waals surface area contributed by atoms with Gasteiger partial charge in [-0.25, -0.2) is 0 Å². The zero-order chi connectivity index (χ0) is 13.1. The number of carbonyl (C=O) groups is 2. The number of esters is 2. The molecule has 98 valence electrons. The van der Waals surface area contributed by atoms with E-state index in [1.807, 2.05) is 20.8 Å². The van der Waals surface area contributed by atoms with E-state index in [4.69, 9.17) is 9.47 Å². The van der Waals surface area contributed by atoms with Crippen molar-refractivity contribution in [2.45, 2.75) is 58.5 Å². The van der Waals surface area contributed by atoms with Crippen molar-refractivity contribution in [3.8, 4) is 0 Å². The first-order chi connectivity index (χ1) is 7.79. The summed E-state index contributed by atoms with van der Waals surface area (Å²) in [6.45, 7) is 5.51. The zero-order valence-corrected chi connectivity index (χ0v) is 11.2. The van der Waals surface area contributed by atoms with E-state index in [2.05, 4.69) is 0 Å². The Labute approximate surface area is 103 Å². The lowest BCUT2D eigenvalue weighted by molar-refractivity contribution is -0.162. The minimum atomic E-state index is -0.463. The second kappa shape index (κ2) is 5.07. The van der Waals surface area contributed by atoms with Gasteiger partial charge in [-0.15, -0.1) is 0 Å². The highest BCUT2D eigenvalue weighted by Crippen LogP contribution is 2.45. The van der Waals surface area contributed by atoms with Crippen molar-refractivity contribution in [3.63, 3.8) is 0 Å². The molecule has 1 aliphatic rings. The molecule has 1 aliphatic carbocycles. The molecular formula is C13H22O4. The van der Waals surface area contributed by atoms with Crippen LogP contribution in [0, 0.1) is 5.41 Å². The summed E-state index contributed by atoms with van der Waals surface area (Å²) >= 11 is 0. The van der Waals surface area contributed by atoms with E-state index >= 15 is 0 Å². The molecule has 0 aliphatic heterocycles. The van der Waals surface area contributed by atoms with E-state index in [0.29, 0.717) is 6.42 Å². The van der Waals surface area contributed by atoms with Crippen molar-refractivity contribution in [1.29, 1.82) is 0 Å². The minimum absolute atomic E-state index is 0.188. The first kappa shape index (κ1) is 14.0. The Morgan fingerprint density at radius 2 is 1.82 bits per heavy atom. The van der Waals surface area contributed by atoms with Crippen molar-refractivity contribution < 1.29 is 19.1 Å². The molecule has 0 N–H and O–H groups in total. The highest BCUT2D eigenvalue weighted by atomic mass is 16.6. The van der Waals surface area contributed by atoms with Crippen LogP contribution in [-0.4, -0.2) is 24.6 Å². The van der Waals surface area contributed by atoms with Crippen LogP contribution in [0.25, 0.3) is 0 Å². The lowest BCUT2D eigenvalue weighted by Crippen LogP contribution is -2.39. The number of ether oxygens (including phenoxy) is 2. The van der Waals surface area contributed by atoms with E-state index in [1.165, 1.54) is 7.11 Å². The fraction of sp³-hybridized carbons (Fsp3) is 0.846. The standard InChI is InChI=1S/C13H22O4/c1-12(2,3)17-10(14)6-9-13(7-5-8-13)11(15)16-4/h5-9H2,1-4H3. The maximum absolute atomic E-state index is 11.6.